The first-order valence-electron chi connectivity index (χ1n) is 8.92. The van der Waals surface area contributed by atoms with Gasteiger partial charge in [-0.05, 0) is 68.3 Å². The number of nitrogens with one attached hydrogen (secondary N) is 2. The van der Waals surface area contributed by atoms with Gasteiger partial charge in [-0.25, -0.2) is 4.39 Å². The van der Waals surface area contributed by atoms with E-state index < -0.39 is 0 Å². The Morgan fingerprint density at radius 3 is 2.39 bits per heavy atom. The van der Waals surface area contributed by atoms with Crippen molar-refractivity contribution < 1.29 is 9.18 Å². The zero-order valence-corrected chi connectivity index (χ0v) is 13.5. The Bertz CT molecular complexity index is 586. The zero-order chi connectivity index (χ0) is 15.9. The van der Waals surface area contributed by atoms with Gasteiger partial charge in [0, 0.05) is 5.92 Å². The summed E-state index contributed by atoms with van der Waals surface area (Å²) in [6, 6.07) is 6.70. The minimum absolute atomic E-state index is 0.183. The van der Waals surface area contributed by atoms with Crippen LogP contribution >= 0.6 is 0 Å². The van der Waals surface area contributed by atoms with E-state index >= 15 is 0 Å². The van der Waals surface area contributed by atoms with Crippen LogP contribution in [0.1, 0.15) is 50.5 Å². The second-order valence-electron chi connectivity index (χ2n) is 7.65. The van der Waals surface area contributed by atoms with Gasteiger partial charge in [-0.3, -0.25) is 4.79 Å². The molecule has 3 aliphatic rings. The predicted molar refractivity (Wildman–Crippen MR) is 87.3 cm³/mol. The number of rotatable bonds is 3. The van der Waals surface area contributed by atoms with Crippen LogP contribution in [0.4, 0.5) is 4.39 Å². The van der Waals surface area contributed by atoms with E-state index in [-0.39, 0.29) is 28.6 Å². The fourth-order valence-corrected chi connectivity index (χ4v) is 4.75. The Morgan fingerprint density at radius 1 is 1.09 bits per heavy atom. The summed E-state index contributed by atoms with van der Waals surface area (Å²) in [6.45, 7) is 2.07. The van der Waals surface area contributed by atoms with Gasteiger partial charge in [0.15, 0.2) is 0 Å². The molecule has 124 valence electrons. The molecule has 0 radical (unpaired) electrons. The third-order valence-electron chi connectivity index (χ3n) is 6.32. The summed E-state index contributed by atoms with van der Waals surface area (Å²) < 4.78 is 13.2. The van der Waals surface area contributed by atoms with Gasteiger partial charge in [0.05, 0.1) is 5.54 Å². The maximum absolute atomic E-state index is 13.2. The maximum atomic E-state index is 13.2. The largest absolute Gasteiger partial charge is 0.346 e. The first kappa shape index (κ1) is 15.1. The first-order valence-corrected chi connectivity index (χ1v) is 8.92. The molecule has 2 saturated carbocycles. The summed E-state index contributed by atoms with van der Waals surface area (Å²) in [5.41, 5.74) is 1.05. The highest BCUT2D eigenvalue weighted by molar-refractivity contribution is 5.83. The van der Waals surface area contributed by atoms with Crippen molar-refractivity contribution in [3.8, 4) is 0 Å². The highest BCUT2D eigenvalue weighted by Gasteiger charge is 2.58. The van der Waals surface area contributed by atoms with E-state index in [0.29, 0.717) is 0 Å². The Labute approximate surface area is 137 Å². The minimum Gasteiger partial charge on any atom is -0.346 e. The van der Waals surface area contributed by atoms with Gasteiger partial charge < -0.3 is 10.6 Å². The molecular formula is C19H25FN2O. The van der Waals surface area contributed by atoms with E-state index in [1.807, 2.05) is 12.1 Å². The molecule has 0 bridgehead atoms. The van der Waals surface area contributed by atoms with Gasteiger partial charge in [-0.2, -0.15) is 0 Å². The third-order valence-corrected chi connectivity index (χ3v) is 6.32. The van der Waals surface area contributed by atoms with Crippen LogP contribution in [0.25, 0.3) is 0 Å². The Morgan fingerprint density at radius 2 is 1.74 bits per heavy atom. The number of hydrogen-bond acceptors (Lipinski definition) is 2. The molecule has 2 aliphatic carbocycles. The quantitative estimate of drug-likeness (QED) is 0.900. The number of piperidine rings is 1. The van der Waals surface area contributed by atoms with Crippen LogP contribution in [-0.4, -0.2) is 19.0 Å². The lowest BCUT2D eigenvalue weighted by Crippen LogP contribution is -2.45. The summed E-state index contributed by atoms with van der Waals surface area (Å²) in [5.74, 6) is 0.185. The average Bonchev–Trinajstić information content (AvgIpc) is 3.04. The molecule has 0 aromatic heterocycles. The molecule has 1 amide bonds. The lowest BCUT2D eigenvalue weighted by atomic mass is 9.87. The number of carbonyl (C=O) groups is 1. The number of hydrogen-bond donors (Lipinski definition) is 2. The summed E-state index contributed by atoms with van der Waals surface area (Å²) in [4.78, 5) is 12.9. The monoisotopic (exact) mass is 316 g/mol. The zero-order valence-electron chi connectivity index (χ0n) is 13.5. The van der Waals surface area contributed by atoms with Gasteiger partial charge in [0.25, 0.3) is 0 Å². The van der Waals surface area contributed by atoms with E-state index in [9.17, 15) is 9.18 Å². The van der Waals surface area contributed by atoms with Crippen molar-refractivity contribution >= 4 is 5.91 Å². The summed E-state index contributed by atoms with van der Waals surface area (Å²) >= 11 is 0. The van der Waals surface area contributed by atoms with Gasteiger partial charge in [0.2, 0.25) is 5.91 Å². The van der Waals surface area contributed by atoms with Gasteiger partial charge in [-0.15, -0.1) is 0 Å². The van der Waals surface area contributed by atoms with Crippen LogP contribution < -0.4 is 10.6 Å². The molecule has 1 saturated heterocycles. The topological polar surface area (TPSA) is 41.1 Å². The fraction of sp³-hybridized carbons (Fsp3) is 0.632. The molecule has 1 heterocycles. The smallest absolute Gasteiger partial charge is 0.224 e. The second-order valence-corrected chi connectivity index (χ2v) is 7.65. The van der Waals surface area contributed by atoms with E-state index in [1.54, 1.807) is 0 Å². The summed E-state index contributed by atoms with van der Waals surface area (Å²) in [6.07, 6.45) is 7.45. The summed E-state index contributed by atoms with van der Waals surface area (Å²) in [7, 11) is 0. The van der Waals surface area contributed by atoms with Crippen LogP contribution in [-0.2, 0) is 10.3 Å². The highest BCUT2D eigenvalue weighted by atomic mass is 19.1. The molecule has 1 spiro atoms. The van der Waals surface area contributed by atoms with E-state index in [2.05, 4.69) is 10.6 Å². The number of amides is 1. The molecular weight excluding hydrogens is 291 g/mol. The van der Waals surface area contributed by atoms with Crippen LogP contribution in [0.2, 0.25) is 0 Å². The van der Waals surface area contributed by atoms with Crippen molar-refractivity contribution in [2.24, 2.45) is 11.3 Å². The van der Waals surface area contributed by atoms with Gasteiger partial charge >= 0.3 is 0 Å². The van der Waals surface area contributed by atoms with Crippen LogP contribution in [0.5, 0.6) is 0 Å². The van der Waals surface area contributed by atoms with E-state index in [1.165, 1.54) is 12.1 Å². The molecule has 1 aromatic carbocycles. The lowest BCUT2D eigenvalue weighted by molar-refractivity contribution is -0.125. The minimum atomic E-state index is -0.276. The molecule has 23 heavy (non-hydrogen) atoms. The van der Waals surface area contributed by atoms with Crippen molar-refractivity contribution in [2.75, 3.05) is 13.1 Å². The van der Waals surface area contributed by atoms with Crippen LogP contribution in [0.3, 0.4) is 0 Å². The highest BCUT2D eigenvalue weighted by Crippen LogP contribution is 2.59. The number of benzene rings is 1. The third kappa shape index (κ3) is 2.67. The van der Waals surface area contributed by atoms with Gasteiger partial charge in [-0.1, -0.05) is 25.0 Å². The molecule has 1 aromatic rings. The normalized spacial score (nSPS) is 27.8. The molecule has 1 unspecified atom stereocenters. The maximum Gasteiger partial charge on any atom is 0.224 e. The lowest BCUT2D eigenvalue weighted by Gasteiger charge is -2.32. The van der Waals surface area contributed by atoms with E-state index in [4.69, 9.17) is 0 Å². The number of halogens is 1. The van der Waals surface area contributed by atoms with Crippen LogP contribution in [0.15, 0.2) is 24.3 Å². The van der Waals surface area contributed by atoms with Crippen LogP contribution in [0, 0.1) is 17.2 Å². The second kappa shape index (κ2) is 5.59. The first-order chi connectivity index (χ1) is 11.1. The Balaban J connectivity index is 1.51. The average molecular weight is 316 g/mol. The molecule has 2 N–H and O–H groups in total. The SMILES string of the molecule is O=C(NC1(c2ccc(F)cc2)CCCC1)C1CC12CCNCC2. The molecule has 4 rings (SSSR count). The number of carbonyl (C=O) groups excluding carboxylic acids is 1. The molecule has 3 fully saturated rings. The van der Waals surface area contributed by atoms with Crippen molar-refractivity contribution in [3.63, 3.8) is 0 Å². The molecule has 3 nitrogen and oxygen atoms in total. The fourth-order valence-electron chi connectivity index (χ4n) is 4.75. The molecule has 1 aliphatic heterocycles. The van der Waals surface area contributed by atoms with E-state index in [0.717, 1.165) is 63.6 Å². The van der Waals surface area contributed by atoms with Crippen molar-refractivity contribution in [2.45, 2.75) is 50.5 Å². The van der Waals surface area contributed by atoms with Gasteiger partial charge in [0.1, 0.15) is 5.82 Å². The van der Waals surface area contributed by atoms with Crippen molar-refractivity contribution in [1.29, 1.82) is 0 Å². The molecule has 1 atom stereocenters. The Kier molecular flexibility index (Phi) is 3.67. The van der Waals surface area contributed by atoms with Crippen molar-refractivity contribution in [3.05, 3.63) is 35.6 Å². The summed E-state index contributed by atoms with van der Waals surface area (Å²) in [5, 5.41) is 6.76. The van der Waals surface area contributed by atoms with Crippen molar-refractivity contribution in [1.82, 2.24) is 10.6 Å². The Hall–Kier alpha value is -1.42. The molecule has 4 heteroatoms. The standard InChI is InChI=1S/C19H25FN2O/c20-15-5-3-14(4-6-15)19(7-1-2-8-19)22-17(23)16-13-18(16)9-11-21-12-10-18/h3-6,16,21H,1-2,7-13H2,(H,22,23). The predicted octanol–water partition coefficient (Wildman–Crippen LogP) is 3.10.